The van der Waals surface area contributed by atoms with Crippen LogP contribution in [0.3, 0.4) is 0 Å². The Morgan fingerprint density at radius 3 is 1.30 bits per heavy atom. The Kier molecular flexibility index (Phi) is 12.2. The van der Waals surface area contributed by atoms with Crippen molar-refractivity contribution in [3.8, 4) is 44.5 Å². The number of carbonyl (C=O) groups excluding carboxylic acids is 1. The number of nitrogen functional groups attached to an aromatic ring is 1. The number of halogens is 2. The molecule has 0 saturated heterocycles. The van der Waals surface area contributed by atoms with Gasteiger partial charge in [0.15, 0.2) is 5.78 Å². The molecule has 0 bridgehead atoms. The number of carbonyl (C=O) groups is 2. The Bertz CT molecular complexity index is 6040. The molecule has 17 aromatic rings. The average Bonchev–Trinajstić information content (AvgIpc) is 1.44. The van der Waals surface area contributed by atoms with Crippen LogP contribution in [0.25, 0.3) is 164 Å². The highest BCUT2D eigenvalue weighted by atomic mass is 79.9. The molecule has 0 aromatic heterocycles. The van der Waals surface area contributed by atoms with Crippen molar-refractivity contribution in [2.45, 2.75) is 0 Å². The second-order valence-electron chi connectivity index (χ2n) is 24.0. The van der Waals surface area contributed by atoms with E-state index in [0.29, 0.717) is 5.69 Å². The molecule has 0 aliphatic heterocycles. The summed E-state index contributed by atoms with van der Waals surface area (Å²) in [4.78, 5) is 25.2. The zero-order valence-electron chi connectivity index (χ0n) is 49.2. The van der Waals surface area contributed by atoms with Crippen molar-refractivity contribution in [1.82, 2.24) is 0 Å². The van der Waals surface area contributed by atoms with Gasteiger partial charge in [-0.05, 0) is 183 Å². The van der Waals surface area contributed by atoms with E-state index < -0.39 is 5.97 Å². The first-order valence-corrected chi connectivity index (χ1v) is 32.4. The van der Waals surface area contributed by atoms with Gasteiger partial charge in [0.1, 0.15) is 0 Å². The van der Waals surface area contributed by atoms with Crippen molar-refractivity contribution in [1.29, 1.82) is 0 Å². The van der Waals surface area contributed by atoms with Crippen LogP contribution in [-0.4, -0.2) is 16.9 Å². The Hall–Kier alpha value is -11.0. The van der Waals surface area contributed by atoms with Crippen LogP contribution in [0.4, 0.5) is 5.69 Å². The maximum absolute atomic E-state index is 13.8. The summed E-state index contributed by atoms with van der Waals surface area (Å²) in [5.41, 5.74) is 24.0. The summed E-state index contributed by atoms with van der Waals surface area (Å²) in [6.07, 6.45) is 0. The van der Waals surface area contributed by atoms with Crippen LogP contribution >= 0.6 is 31.9 Å². The summed E-state index contributed by atoms with van der Waals surface area (Å²) in [6, 6.07) is 98.0. The van der Waals surface area contributed by atoms with Crippen LogP contribution in [0, 0.1) is 0 Å². The maximum atomic E-state index is 13.8. The van der Waals surface area contributed by atoms with Crippen LogP contribution in [-0.2, 0) is 4.79 Å². The molecule has 20 rings (SSSR count). The fourth-order valence-corrected chi connectivity index (χ4v) is 16.7. The maximum Gasteiger partial charge on any atom is 0.337 e. The van der Waals surface area contributed by atoms with Gasteiger partial charge < -0.3 is 10.8 Å². The first kappa shape index (κ1) is 54.0. The Morgan fingerprint density at radius 1 is 0.283 bits per heavy atom. The van der Waals surface area contributed by atoms with E-state index in [0.717, 1.165) is 86.5 Å². The first-order valence-electron chi connectivity index (χ1n) is 30.8. The molecule has 0 amide bonds. The number of Topliss-reactive ketones (excluding diaryl/α,β-unsaturated/α-hetero) is 1. The molecule has 0 heterocycles. The minimum absolute atomic E-state index is 0.109. The molecule has 92 heavy (non-hydrogen) atoms. The summed E-state index contributed by atoms with van der Waals surface area (Å²) in [7, 11) is 0. The minimum Gasteiger partial charge on any atom is -0.478 e. The number of hydrogen-bond acceptors (Lipinski definition) is 3. The van der Waals surface area contributed by atoms with Gasteiger partial charge in [-0.3, -0.25) is 4.79 Å². The number of benzene rings is 15. The molecular formula is C86H49Br2NO3. The lowest BCUT2D eigenvalue weighted by Crippen LogP contribution is -2.03. The van der Waals surface area contributed by atoms with Crippen molar-refractivity contribution in [2.75, 3.05) is 5.73 Å². The number of nitrogens with two attached hydrogens (primary N) is 1. The topological polar surface area (TPSA) is 80.4 Å². The number of carboxylic acids is 1. The molecule has 430 valence electrons. The number of anilines is 1. The van der Waals surface area contributed by atoms with Gasteiger partial charge >= 0.3 is 5.97 Å². The van der Waals surface area contributed by atoms with Crippen LogP contribution in [0.2, 0.25) is 0 Å². The van der Waals surface area contributed by atoms with Crippen LogP contribution in [0.1, 0.15) is 32.6 Å². The van der Waals surface area contributed by atoms with Crippen LogP contribution in [0.15, 0.2) is 288 Å². The molecule has 0 radical (unpaired) electrons. The van der Waals surface area contributed by atoms with Crippen molar-refractivity contribution in [3.05, 3.63) is 316 Å². The van der Waals surface area contributed by atoms with Crippen molar-refractivity contribution in [2.24, 2.45) is 0 Å². The van der Waals surface area contributed by atoms with Crippen molar-refractivity contribution < 1.29 is 14.7 Å². The van der Waals surface area contributed by atoms with Gasteiger partial charge in [0.25, 0.3) is 0 Å². The number of ketones is 1. The van der Waals surface area contributed by atoms with Gasteiger partial charge in [0, 0.05) is 36.6 Å². The van der Waals surface area contributed by atoms with E-state index in [2.05, 4.69) is 214 Å². The molecule has 0 unspecified atom stereocenters. The van der Waals surface area contributed by atoms with Gasteiger partial charge in [-0.1, -0.05) is 287 Å². The summed E-state index contributed by atoms with van der Waals surface area (Å²) >= 11 is 7.59. The quantitative estimate of drug-likeness (QED) is 0.133. The van der Waals surface area contributed by atoms with E-state index >= 15 is 0 Å². The second-order valence-corrected chi connectivity index (χ2v) is 25.7. The molecule has 0 saturated carbocycles. The summed E-state index contributed by atoms with van der Waals surface area (Å²) in [5, 5.41) is 32.1. The van der Waals surface area contributed by atoms with Gasteiger partial charge in [0.2, 0.25) is 0 Å². The smallest absolute Gasteiger partial charge is 0.337 e. The molecule has 4 nitrogen and oxygen atoms in total. The molecule has 0 fully saturated rings. The fraction of sp³-hybridized carbons (Fsp3) is 0. The van der Waals surface area contributed by atoms with Gasteiger partial charge in [-0.15, -0.1) is 0 Å². The third kappa shape index (κ3) is 7.75. The molecular weight excluding hydrogens is 1250 g/mol. The number of carboxylic acid groups (broad SMARTS) is 1. The number of hydrogen-bond donors (Lipinski definition) is 2. The lowest BCUT2D eigenvalue weighted by Gasteiger charge is -2.19. The molecule has 0 spiro atoms. The predicted octanol–water partition coefficient (Wildman–Crippen LogP) is 23.5. The highest BCUT2D eigenvalue weighted by molar-refractivity contribution is 9.11. The number of fused-ring (bicyclic) bond motifs is 14. The zero-order valence-corrected chi connectivity index (χ0v) is 52.3. The van der Waals surface area contributed by atoms with Crippen LogP contribution in [0.5, 0.6) is 0 Å². The highest BCUT2D eigenvalue weighted by Gasteiger charge is 2.40. The number of aromatic carboxylic acids is 1. The minimum atomic E-state index is -0.990. The molecule has 3 aliphatic carbocycles. The number of rotatable bonds is 5. The van der Waals surface area contributed by atoms with E-state index in [1.165, 1.54) is 108 Å². The largest absolute Gasteiger partial charge is 0.478 e. The first-order chi connectivity index (χ1) is 45.2. The van der Waals surface area contributed by atoms with Crippen molar-refractivity contribution >= 4 is 169 Å². The van der Waals surface area contributed by atoms with E-state index in [1.54, 1.807) is 6.07 Å². The molecule has 17 aromatic carbocycles. The van der Waals surface area contributed by atoms with Crippen molar-refractivity contribution in [3.63, 3.8) is 0 Å². The van der Waals surface area contributed by atoms with E-state index in [-0.39, 0.29) is 11.3 Å². The third-order valence-electron chi connectivity index (χ3n) is 19.4. The van der Waals surface area contributed by atoms with E-state index in [9.17, 15) is 14.7 Å². The van der Waals surface area contributed by atoms with E-state index in [4.69, 9.17) is 5.73 Å². The monoisotopic (exact) mass is 1300 g/mol. The zero-order chi connectivity index (χ0) is 61.6. The van der Waals surface area contributed by atoms with Crippen LogP contribution < -0.4 is 5.73 Å². The molecule has 6 heteroatoms. The lowest BCUT2D eigenvalue weighted by molar-refractivity contribution is -0.108. The Morgan fingerprint density at radius 2 is 0.685 bits per heavy atom. The average molecular weight is 1300 g/mol. The second kappa shape index (κ2) is 20.8. The lowest BCUT2D eigenvalue weighted by atomic mass is 9.84. The fourth-order valence-electron chi connectivity index (χ4n) is 15.7. The summed E-state index contributed by atoms with van der Waals surface area (Å²) in [6.45, 7) is 0. The predicted molar refractivity (Wildman–Crippen MR) is 393 cm³/mol. The molecule has 3 aliphatic rings. The SMILES string of the molecule is Brc1ccc2c3c(-c4ccccc4)c4c(cc5c6ccccc6c6cccc4c65)c(-c4ccccc4)c3c3cccc1c32.Nc1c(C(=O)O)cc2c3c(cccc13)-c1ccccc1-2.O=C1C(c2ccccc2)=C2C(=C1c1ccccc1)c1ccc(Br)c3cccc2c13. The normalized spacial score (nSPS) is 13.0. The number of allylic oxidation sites excluding steroid dienone is 4. The summed E-state index contributed by atoms with van der Waals surface area (Å²) < 4.78 is 2.21. The molecule has 0 atom stereocenters. The Balaban J connectivity index is 0.000000110. The highest BCUT2D eigenvalue weighted by Crippen LogP contribution is 2.59. The van der Waals surface area contributed by atoms with Gasteiger partial charge in [-0.2, -0.15) is 0 Å². The standard InChI is InChI=1S/C42H23Br.C27H15BrO.C17H11NO2/c43-35-22-21-32-39-29(35)18-10-20-31(39)41-36(24-11-3-1-4-12-24)34-23-33-27-16-8-7-15-26(27)28-17-9-19-30(38(28)33)40(34)37(42(32)41)25-13-5-2-6-14-25;28-21-15-14-20-24-18(21)12-7-13-19(24)25-22(16-8-3-1-4-9-16)27(29)23(26(20)25)17-10-5-2-6-11-17;18-16-12-7-3-6-11-9-4-1-2-5-10(9)13(15(11)12)8-14(16)17(19)20/h1-23H;1-15H;1-8H,18H2,(H,19,20). The third-order valence-corrected chi connectivity index (χ3v) is 20.8. The van der Waals surface area contributed by atoms with Gasteiger partial charge in [0.05, 0.1) is 11.3 Å². The van der Waals surface area contributed by atoms with E-state index in [1.807, 2.05) is 91.0 Å². The Labute approximate surface area is 545 Å². The van der Waals surface area contributed by atoms with Gasteiger partial charge in [-0.25, -0.2) is 4.79 Å². The summed E-state index contributed by atoms with van der Waals surface area (Å²) in [5.74, 6) is -0.881. The molecule has 3 N–H and O–H groups in total.